The number of hydrogen-bond donors (Lipinski definition) is 0. The number of aromatic nitrogens is 2. The Morgan fingerprint density at radius 1 is 0.325 bits per heavy atom. The molecule has 8 rings (SSSR count). The van der Waals surface area contributed by atoms with Crippen molar-refractivity contribution in [3.05, 3.63) is 158 Å². The third-order valence-electron chi connectivity index (χ3n) is 7.99. The van der Waals surface area contributed by atoms with Crippen molar-refractivity contribution < 1.29 is 0 Å². The van der Waals surface area contributed by atoms with E-state index in [1.807, 2.05) is 0 Å². The van der Waals surface area contributed by atoms with Crippen molar-refractivity contribution >= 4 is 32.7 Å². The summed E-state index contributed by atoms with van der Waals surface area (Å²) in [5.41, 5.74) is 10.9. The number of para-hydroxylation sites is 1. The molecular weight excluding hydrogens is 484 g/mol. The third kappa shape index (κ3) is 3.58. The van der Waals surface area contributed by atoms with Crippen molar-refractivity contribution in [2.45, 2.75) is 0 Å². The molecule has 188 valence electrons. The lowest BCUT2D eigenvalue weighted by Crippen LogP contribution is -1.95. The van der Waals surface area contributed by atoms with Crippen molar-refractivity contribution in [1.82, 2.24) is 9.13 Å². The standard InChI is InChI=1S/C38H26N2/c1-3-9-27(10-4-1)29-15-19-31(20-16-29)39-26-25-35-36(39)24-23-34-33-13-7-8-14-37(33)40(38(34)35)32-21-17-30(18-22-32)28-11-5-2-6-12-28/h1-26H. The topological polar surface area (TPSA) is 9.86 Å². The van der Waals surface area contributed by atoms with E-state index in [1.165, 1.54) is 60.6 Å². The van der Waals surface area contributed by atoms with Crippen LogP contribution in [0.25, 0.3) is 66.3 Å². The van der Waals surface area contributed by atoms with Gasteiger partial charge in [-0.05, 0) is 64.7 Å². The van der Waals surface area contributed by atoms with E-state index in [0.717, 1.165) is 5.69 Å². The summed E-state index contributed by atoms with van der Waals surface area (Å²) in [6, 6.07) is 54.4. The van der Waals surface area contributed by atoms with Gasteiger partial charge in [-0.3, -0.25) is 0 Å². The lowest BCUT2D eigenvalue weighted by atomic mass is 10.1. The minimum atomic E-state index is 1.16. The van der Waals surface area contributed by atoms with Gasteiger partial charge >= 0.3 is 0 Å². The van der Waals surface area contributed by atoms with Gasteiger partial charge in [-0.15, -0.1) is 0 Å². The Morgan fingerprint density at radius 2 is 0.875 bits per heavy atom. The van der Waals surface area contributed by atoms with Crippen LogP contribution in [0, 0.1) is 0 Å². The highest BCUT2D eigenvalue weighted by molar-refractivity contribution is 6.18. The first-order valence-electron chi connectivity index (χ1n) is 13.7. The molecule has 8 aromatic rings. The maximum atomic E-state index is 2.42. The minimum absolute atomic E-state index is 1.16. The van der Waals surface area contributed by atoms with Crippen LogP contribution in [0.5, 0.6) is 0 Å². The normalized spacial score (nSPS) is 11.5. The van der Waals surface area contributed by atoms with Crippen LogP contribution in [0.2, 0.25) is 0 Å². The second kappa shape index (κ2) is 9.14. The molecule has 0 saturated carbocycles. The maximum absolute atomic E-state index is 2.42. The second-order valence-corrected chi connectivity index (χ2v) is 10.3. The highest BCUT2D eigenvalue weighted by Gasteiger charge is 2.17. The Morgan fingerprint density at radius 3 is 1.52 bits per heavy atom. The summed E-state index contributed by atoms with van der Waals surface area (Å²) in [6.07, 6.45) is 2.20. The lowest BCUT2D eigenvalue weighted by Gasteiger charge is -2.11. The quantitative estimate of drug-likeness (QED) is 0.223. The molecule has 0 amide bonds. The van der Waals surface area contributed by atoms with Gasteiger partial charge in [0.2, 0.25) is 0 Å². The molecule has 0 aliphatic carbocycles. The summed E-state index contributed by atoms with van der Waals surface area (Å²) >= 11 is 0. The summed E-state index contributed by atoms with van der Waals surface area (Å²) < 4.78 is 4.72. The van der Waals surface area contributed by atoms with Gasteiger partial charge in [0, 0.05) is 33.7 Å². The number of nitrogens with zero attached hydrogens (tertiary/aromatic N) is 2. The Kier molecular flexibility index (Phi) is 5.17. The van der Waals surface area contributed by atoms with Crippen LogP contribution in [0.1, 0.15) is 0 Å². The van der Waals surface area contributed by atoms with Crippen LogP contribution in [0.15, 0.2) is 158 Å². The van der Waals surface area contributed by atoms with Crippen LogP contribution in [0.4, 0.5) is 0 Å². The SMILES string of the molecule is c1ccc(-c2ccc(-n3ccc4c3ccc3c5ccccc5n(-c5ccc(-c6ccccc6)cc5)c34)cc2)cc1. The first-order chi connectivity index (χ1) is 19.8. The van der Waals surface area contributed by atoms with Crippen LogP contribution < -0.4 is 0 Å². The van der Waals surface area contributed by atoms with Crippen molar-refractivity contribution in [2.24, 2.45) is 0 Å². The fourth-order valence-electron chi connectivity index (χ4n) is 6.05. The molecule has 0 atom stereocenters. The number of fused-ring (bicyclic) bond motifs is 5. The molecule has 2 heterocycles. The zero-order chi connectivity index (χ0) is 26.5. The van der Waals surface area contributed by atoms with E-state index in [4.69, 9.17) is 0 Å². The zero-order valence-electron chi connectivity index (χ0n) is 21.9. The van der Waals surface area contributed by atoms with Gasteiger partial charge in [0.1, 0.15) is 0 Å². The van der Waals surface area contributed by atoms with Crippen LogP contribution >= 0.6 is 0 Å². The van der Waals surface area contributed by atoms with E-state index >= 15 is 0 Å². The molecule has 0 saturated heterocycles. The van der Waals surface area contributed by atoms with E-state index in [-0.39, 0.29) is 0 Å². The number of rotatable bonds is 4. The fourth-order valence-corrected chi connectivity index (χ4v) is 6.05. The maximum Gasteiger partial charge on any atom is 0.0635 e. The summed E-state index contributed by atoms with van der Waals surface area (Å²) in [5, 5.41) is 3.78. The molecule has 0 aliphatic rings. The predicted octanol–water partition coefficient (Wildman–Crippen LogP) is 10.1. The van der Waals surface area contributed by atoms with Crippen molar-refractivity contribution in [1.29, 1.82) is 0 Å². The Labute approximate surface area is 233 Å². The lowest BCUT2D eigenvalue weighted by molar-refractivity contribution is 1.13. The van der Waals surface area contributed by atoms with E-state index < -0.39 is 0 Å². The molecule has 0 radical (unpaired) electrons. The Hall–Kier alpha value is -5.34. The monoisotopic (exact) mass is 510 g/mol. The molecule has 0 aliphatic heterocycles. The van der Waals surface area contributed by atoms with E-state index in [1.54, 1.807) is 0 Å². The second-order valence-electron chi connectivity index (χ2n) is 10.3. The van der Waals surface area contributed by atoms with E-state index in [9.17, 15) is 0 Å². The molecule has 0 bridgehead atoms. The van der Waals surface area contributed by atoms with Crippen molar-refractivity contribution in [2.75, 3.05) is 0 Å². The van der Waals surface area contributed by atoms with Crippen molar-refractivity contribution in [3.8, 4) is 33.6 Å². The summed E-state index contributed by atoms with van der Waals surface area (Å²) in [6.45, 7) is 0. The third-order valence-corrected chi connectivity index (χ3v) is 7.99. The predicted molar refractivity (Wildman–Crippen MR) is 168 cm³/mol. The van der Waals surface area contributed by atoms with E-state index in [2.05, 4.69) is 167 Å². The van der Waals surface area contributed by atoms with Crippen molar-refractivity contribution in [3.63, 3.8) is 0 Å². The van der Waals surface area contributed by atoms with Gasteiger partial charge < -0.3 is 9.13 Å². The van der Waals surface area contributed by atoms with Gasteiger partial charge in [0.15, 0.2) is 0 Å². The average Bonchev–Trinajstić information content (AvgIpc) is 3.62. The Balaban J connectivity index is 1.30. The van der Waals surface area contributed by atoms with Crippen LogP contribution in [-0.2, 0) is 0 Å². The molecule has 0 N–H and O–H groups in total. The zero-order valence-corrected chi connectivity index (χ0v) is 21.9. The van der Waals surface area contributed by atoms with Crippen LogP contribution in [-0.4, -0.2) is 9.13 Å². The molecule has 2 heteroatoms. The smallest absolute Gasteiger partial charge is 0.0635 e. The minimum Gasteiger partial charge on any atom is -0.316 e. The largest absolute Gasteiger partial charge is 0.316 e. The highest BCUT2D eigenvalue weighted by Crippen LogP contribution is 2.38. The first kappa shape index (κ1) is 22.6. The van der Waals surface area contributed by atoms with Gasteiger partial charge in [0.25, 0.3) is 0 Å². The average molecular weight is 511 g/mol. The molecule has 6 aromatic carbocycles. The van der Waals surface area contributed by atoms with Gasteiger partial charge in [-0.1, -0.05) is 109 Å². The molecule has 0 unspecified atom stereocenters. The summed E-state index contributed by atoms with van der Waals surface area (Å²) in [4.78, 5) is 0. The first-order valence-corrected chi connectivity index (χ1v) is 13.7. The molecule has 0 fully saturated rings. The van der Waals surface area contributed by atoms with Gasteiger partial charge in [-0.25, -0.2) is 0 Å². The molecular formula is C38H26N2. The van der Waals surface area contributed by atoms with Gasteiger partial charge in [-0.2, -0.15) is 0 Å². The number of benzene rings is 6. The fraction of sp³-hybridized carbons (Fsp3) is 0. The Bertz CT molecular complexity index is 2110. The van der Waals surface area contributed by atoms with Crippen LogP contribution in [0.3, 0.4) is 0 Å². The number of hydrogen-bond acceptors (Lipinski definition) is 0. The molecule has 2 aromatic heterocycles. The molecule has 0 spiro atoms. The summed E-state index contributed by atoms with van der Waals surface area (Å²) in [7, 11) is 0. The molecule has 2 nitrogen and oxygen atoms in total. The van der Waals surface area contributed by atoms with E-state index in [0.29, 0.717) is 0 Å². The highest BCUT2D eigenvalue weighted by atomic mass is 15.0. The summed E-state index contributed by atoms with van der Waals surface area (Å²) in [5.74, 6) is 0. The van der Waals surface area contributed by atoms with Gasteiger partial charge in [0.05, 0.1) is 16.6 Å². The molecule has 40 heavy (non-hydrogen) atoms.